The molecule has 0 radical (unpaired) electrons. The monoisotopic (exact) mass is 284 g/mol. The summed E-state index contributed by atoms with van der Waals surface area (Å²) in [4.78, 5) is 4.37. The molecule has 7 nitrogen and oxygen atoms in total. The van der Waals surface area contributed by atoms with Gasteiger partial charge in [0.15, 0.2) is 11.5 Å². The molecule has 108 valence electrons. The molecule has 0 aliphatic heterocycles. The summed E-state index contributed by atoms with van der Waals surface area (Å²) < 4.78 is 6.90. The molecule has 0 aliphatic rings. The minimum atomic E-state index is 0.377. The van der Waals surface area contributed by atoms with Crippen LogP contribution in [0.5, 0.6) is 0 Å². The maximum Gasteiger partial charge on any atom is 0.280 e. The van der Waals surface area contributed by atoms with E-state index in [1.54, 1.807) is 10.9 Å². The first-order chi connectivity index (χ1) is 10.3. The largest absolute Gasteiger partial charge is 0.332 e. The average Bonchev–Trinajstić information content (AvgIpc) is 3.11. The summed E-state index contributed by atoms with van der Waals surface area (Å²) in [6.07, 6.45) is 2.38. The first kappa shape index (κ1) is 13.4. The van der Waals surface area contributed by atoms with Gasteiger partial charge in [0.1, 0.15) is 0 Å². The predicted molar refractivity (Wildman–Crippen MR) is 76.4 cm³/mol. The number of nitrogens with two attached hydrogens (primary N) is 1. The Bertz CT molecular complexity index is 732. The van der Waals surface area contributed by atoms with E-state index in [1.165, 1.54) is 11.1 Å². The third-order valence-corrected chi connectivity index (χ3v) is 3.19. The van der Waals surface area contributed by atoms with Crippen molar-refractivity contribution in [3.63, 3.8) is 0 Å². The molecule has 2 aromatic heterocycles. The lowest BCUT2D eigenvalue weighted by Crippen LogP contribution is -2.10. The van der Waals surface area contributed by atoms with Crippen molar-refractivity contribution in [2.75, 3.05) is 6.54 Å². The van der Waals surface area contributed by atoms with Crippen LogP contribution in [-0.2, 0) is 13.0 Å². The SMILES string of the molecule is Cc1ccccc1Cc1noc(-c2cn(CCN)nn2)n1. The van der Waals surface area contributed by atoms with Crippen LogP contribution >= 0.6 is 0 Å². The van der Waals surface area contributed by atoms with Crippen LogP contribution in [-0.4, -0.2) is 31.7 Å². The van der Waals surface area contributed by atoms with E-state index in [2.05, 4.69) is 39.5 Å². The van der Waals surface area contributed by atoms with Gasteiger partial charge in [-0.2, -0.15) is 4.98 Å². The third kappa shape index (κ3) is 2.97. The zero-order valence-electron chi connectivity index (χ0n) is 11.7. The van der Waals surface area contributed by atoms with Crippen molar-refractivity contribution in [2.45, 2.75) is 19.9 Å². The van der Waals surface area contributed by atoms with Gasteiger partial charge < -0.3 is 10.3 Å². The van der Waals surface area contributed by atoms with E-state index >= 15 is 0 Å². The van der Waals surface area contributed by atoms with E-state index < -0.39 is 0 Å². The second-order valence-electron chi connectivity index (χ2n) is 4.77. The van der Waals surface area contributed by atoms with Gasteiger partial charge in [-0.05, 0) is 18.1 Å². The van der Waals surface area contributed by atoms with E-state index in [0.717, 1.165) is 0 Å². The lowest BCUT2D eigenvalue weighted by Gasteiger charge is -2.00. The van der Waals surface area contributed by atoms with Crippen molar-refractivity contribution in [3.05, 3.63) is 47.4 Å². The van der Waals surface area contributed by atoms with Crippen molar-refractivity contribution < 1.29 is 4.52 Å². The first-order valence-corrected chi connectivity index (χ1v) is 6.74. The highest BCUT2D eigenvalue weighted by Gasteiger charge is 2.13. The average molecular weight is 284 g/mol. The number of nitrogens with zero attached hydrogens (tertiary/aromatic N) is 5. The van der Waals surface area contributed by atoms with Crippen molar-refractivity contribution >= 4 is 0 Å². The summed E-state index contributed by atoms with van der Waals surface area (Å²) in [7, 11) is 0. The minimum Gasteiger partial charge on any atom is -0.332 e. The van der Waals surface area contributed by atoms with Crippen LogP contribution in [0.1, 0.15) is 17.0 Å². The lowest BCUT2D eigenvalue weighted by atomic mass is 10.1. The van der Waals surface area contributed by atoms with Crippen LogP contribution in [0.4, 0.5) is 0 Å². The summed E-state index contributed by atoms with van der Waals surface area (Å²) in [6, 6.07) is 8.13. The zero-order chi connectivity index (χ0) is 14.7. The van der Waals surface area contributed by atoms with E-state index in [0.29, 0.717) is 36.9 Å². The smallest absolute Gasteiger partial charge is 0.280 e. The van der Waals surface area contributed by atoms with Crippen molar-refractivity contribution in [1.82, 2.24) is 25.1 Å². The number of aryl methyl sites for hydroxylation is 1. The van der Waals surface area contributed by atoms with Gasteiger partial charge in [-0.25, -0.2) is 0 Å². The molecular weight excluding hydrogens is 268 g/mol. The zero-order valence-corrected chi connectivity index (χ0v) is 11.7. The second kappa shape index (κ2) is 5.84. The Morgan fingerprint density at radius 1 is 1.29 bits per heavy atom. The highest BCUT2D eigenvalue weighted by molar-refractivity contribution is 5.43. The van der Waals surface area contributed by atoms with Crippen LogP contribution in [0.25, 0.3) is 11.6 Å². The molecule has 1 aromatic carbocycles. The van der Waals surface area contributed by atoms with E-state index in [1.807, 2.05) is 12.1 Å². The minimum absolute atomic E-state index is 0.377. The molecule has 0 unspecified atom stereocenters. The third-order valence-electron chi connectivity index (χ3n) is 3.19. The summed E-state index contributed by atoms with van der Waals surface area (Å²) in [5, 5.41) is 11.9. The maximum atomic E-state index is 5.47. The molecule has 0 saturated carbocycles. The Balaban J connectivity index is 1.78. The number of hydrogen-bond acceptors (Lipinski definition) is 6. The Labute approximate surface area is 121 Å². The first-order valence-electron chi connectivity index (χ1n) is 6.74. The Morgan fingerprint density at radius 3 is 2.95 bits per heavy atom. The van der Waals surface area contributed by atoms with Crippen LogP contribution < -0.4 is 5.73 Å². The van der Waals surface area contributed by atoms with E-state index in [4.69, 9.17) is 10.3 Å². The summed E-state index contributed by atoms with van der Waals surface area (Å²) >= 11 is 0. The van der Waals surface area contributed by atoms with Gasteiger partial charge in [0.05, 0.1) is 12.7 Å². The number of rotatable bonds is 5. The quantitative estimate of drug-likeness (QED) is 0.756. The predicted octanol–water partition coefficient (Wildman–Crippen LogP) is 1.19. The summed E-state index contributed by atoms with van der Waals surface area (Å²) in [5.74, 6) is 1.01. The van der Waals surface area contributed by atoms with Gasteiger partial charge in [0.2, 0.25) is 0 Å². The van der Waals surface area contributed by atoms with Crippen molar-refractivity contribution in [3.8, 4) is 11.6 Å². The van der Waals surface area contributed by atoms with Crippen molar-refractivity contribution in [2.24, 2.45) is 5.73 Å². The van der Waals surface area contributed by atoms with E-state index in [9.17, 15) is 0 Å². The van der Waals surface area contributed by atoms with Gasteiger partial charge in [0.25, 0.3) is 5.89 Å². The molecule has 0 saturated heterocycles. The van der Waals surface area contributed by atoms with Gasteiger partial charge in [-0.15, -0.1) is 5.10 Å². The molecule has 3 aromatic rings. The topological polar surface area (TPSA) is 95.7 Å². The standard InChI is InChI=1S/C14H16N6O/c1-10-4-2-3-5-11(10)8-13-16-14(21-18-13)12-9-20(7-6-15)19-17-12/h2-5,9H,6-8,15H2,1H3. The van der Waals surface area contributed by atoms with Crippen molar-refractivity contribution in [1.29, 1.82) is 0 Å². The Kier molecular flexibility index (Phi) is 3.74. The molecule has 2 heterocycles. The molecule has 0 spiro atoms. The number of aromatic nitrogens is 5. The Hall–Kier alpha value is -2.54. The normalized spacial score (nSPS) is 11.0. The molecular formula is C14H16N6O. The lowest BCUT2D eigenvalue weighted by molar-refractivity contribution is 0.422. The molecule has 0 bridgehead atoms. The fraction of sp³-hybridized carbons (Fsp3) is 0.286. The molecule has 0 atom stereocenters. The number of hydrogen-bond donors (Lipinski definition) is 1. The molecule has 7 heteroatoms. The van der Waals surface area contributed by atoms with Crippen LogP contribution in [0.3, 0.4) is 0 Å². The van der Waals surface area contributed by atoms with Gasteiger partial charge >= 0.3 is 0 Å². The van der Waals surface area contributed by atoms with Gasteiger partial charge in [-0.3, -0.25) is 4.68 Å². The second-order valence-corrected chi connectivity index (χ2v) is 4.77. The van der Waals surface area contributed by atoms with Gasteiger partial charge in [-0.1, -0.05) is 34.6 Å². The Morgan fingerprint density at radius 2 is 2.14 bits per heavy atom. The van der Waals surface area contributed by atoms with E-state index in [-0.39, 0.29) is 0 Å². The fourth-order valence-electron chi connectivity index (χ4n) is 2.05. The highest BCUT2D eigenvalue weighted by atomic mass is 16.5. The molecule has 2 N–H and O–H groups in total. The summed E-state index contributed by atoms with van der Waals surface area (Å²) in [6.45, 7) is 3.18. The highest BCUT2D eigenvalue weighted by Crippen LogP contribution is 2.16. The molecule has 0 aliphatic carbocycles. The summed E-state index contributed by atoms with van der Waals surface area (Å²) in [5.41, 5.74) is 8.42. The number of benzene rings is 1. The molecule has 0 amide bonds. The fourth-order valence-corrected chi connectivity index (χ4v) is 2.05. The van der Waals surface area contributed by atoms with Crippen LogP contribution in [0.15, 0.2) is 35.0 Å². The molecule has 21 heavy (non-hydrogen) atoms. The van der Waals surface area contributed by atoms with Crippen LogP contribution in [0, 0.1) is 6.92 Å². The molecule has 0 fully saturated rings. The molecule has 3 rings (SSSR count). The maximum absolute atomic E-state index is 5.47. The van der Waals surface area contributed by atoms with Gasteiger partial charge in [0, 0.05) is 13.0 Å². The van der Waals surface area contributed by atoms with Crippen LogP contribution in [0.2, 0.25) is 0 Å².